The van der Waals surface area contributed by atoms with Crippen LogP contribution in [0.15, 0.2) is 24.3 Å². The maximum absolute atomic E-state index is 10.6. The van der Waals surface area contributed by atoms with Crippen molar-refractivity contribution in [2.75, 3.05) is 13.2 Å². The van der Waals surface area contributed by atoms with Crippen LogP contribution in [0.3, 0.4) is 0 Å². The Morgan fingerprint density at radius 3 is 3.00 bits per heavy atom. The Morgan fingerprint density at radius 1 is 1.56 bits per heavy atom. The zero-order chi connectivity index (χ0) is 11.6. The molecular formula is C11H14N2O3. The minimum atomic E-state index is -0.391. The van der Waals surface area contributed by atoms with E-state index in [1.165, 1.54) is 6.07 Å². The minimum Gasteiger partial charge on any atom is -0.379 e. The number of benzene rings is 1. The zero-order valence-corrected chi connectivity index (χ0v) is 8.89. The lowest BCUT2D eigenvalue weighted by molar-refractivity contribution is -0.384. The normalized spacial score (nSPS) is 24.6. The molecular weight excluding hydrogens is 208 g/mol. The number of hydrogen-bond donors (Lipinski definition) is 1. The summed E-state index contributed by atoms with van der Waals surface area (Å²) in [6, 6.07) is 6.61. The van der Waals surface area contributed by atoms with E-state index in [2.05, 4.69) is 0 Å². The molecule has 5 nitrogen and oxygen atoms in total. The maximum atomic E-state index is 10.6. The van der Waals surface area contributed by atoms with Crippen LogP contribution >= 0.6 is 0 Å². The molecule has 1 aromatic rings. The van der Waals surface area contributed by atoms with Crippen LogP contribution in [-0.4, -0.2) is 23.7 Å². The molecule has 0 saturated carbocycles. The molecule has 1 saturated heterocycles. The van der Waals surface area contributed by atoms with Crippen LogP contribution in [0, 0.1) is 10.1 Å². The SMILES string of the molecule is NC1(Cc2cccc([N+](=O)[O-])c2)CCOC1. The number of nitrogens with zero attached hydrogens (tertiary/aromatic N) is 1. The molecule has 5 heteroatoms. The average molecular weight is 222 g/mol. The van der Waals surface area contributed by atoms with E-state index in [0.717, 1.165) is 12.0 Å². The van der Waals surface area contributed by atoms with Gasteiger partial charge < -0.3 is 10.5 Å². The molecule has 1 fully saturated rings. The van der Waals surface area contributed by atoms with Crippen LogP contribution in [0.2, 0.25) is 0 Å². The van der Waals surface area contributed by atoms with Crippen LogP contribution < -0.4 is 5.73 Å². The summed E-state index contributed by atoms with van der Waals surface area (Å²) in [6.07, 6.45) is 1.42. The van der Waals surface area contributed by atoms with Gasteiger partial charge in [-0.1, -0.05) is 12.1 Å². The van der Waals surface area contributed by atoms with Crippen LogP contribution in [0.4, 0.5) is 5.69 Å². The molecule has 16 heavy (non-hydrogen) atoms. The maximum Gasteiger partial charge on any atom is 0.269 e. The fourth-order valence-electron chi connectivity index (χ4n) is 1.95. The van der Waals surface area contributed by atoms with E-state index in [4.69, 9.17) is 10.5 Å². The number of nitrogens with two attached hydrogens (primary N) is 1. The highest BCUT2D eigenvalue weighted by atomic mass is 16.6. The first-order valence-corrected chi connectivity index (χ1v) is 5.19. The van der Waals surface area contributed by atoms with Crippen molar-refractivity contribution in [3.05, 3.63) is 39.9 Å². The third-order valence-corrected chi connectivity index (χ3v) is 2.81. The molecule has 0 aliphatic carbocycles. The minimum absolute atomic E-state index is 0.111. The number of hydrogen-bond acceptors (Lipinski definition) is 4. The highest BCUT2D eigenvalue weighted by Gasteiger charge is 2.30. The van der Waals surface area contributed by atoms with Crippen molar-refractivity contribution in [3.8, 4) is 0 Å². The van der Waals surface area contributed by atoms with Gasteiger partial charge in [0, 0.05) is 24.3 Å². The largest absolute Gasteiger partial charge is 0.379 e. The molecule has 1 aliphatic heterocycles. The highest BCUT2D eigenvalue weighted by molar-refractivity contribution is 5.35. The van der Waals surface area contributed by atoms with E-state index in [9.17, 15) is 10.1 Å². The second-order valence-electron chi connectivity index (χ2n) is 4.27. The van der Waals surface area contributed by atoms with Crippen molar-refractivity contribution in [1.29, 1.82) is 0 Å². The van der Waals surface area contributed by atoms with Gasteiger partial charge in [0.05, 0.1) is 11.5 Å². The van der Waals surface area contributed by atoms with Gasteiger partial charge in [-0.05, 0) is 18.4 Å². The number of rotatable bonds is 3. The van der Waals surface area contributed by atoms with Crippen LogP contribution in [-0.2, 0) is 11.2 Å². The summed E-state index contributed by atoms with van der Waals surface area (Å²) >= 11 is 0. The molecule has 1 heterocycles. The summed E-state index contributed by atoms with van der Waals surface area (Å²) in [5, 5.41) is 10.6. The topological polar surface area (TPSA) is 78.4 Å². The number of ether oxygens (including phenoxy) is 1. The summed E-state index contributed by atoms with van der Waals surface area (Å²) in [7, 11) is 0. The molecule has 1 aliphatic rings. The number of non-ortho nitro benzene ring substituents is 1. The van der Waals surface area contributed by atoms with Gasteiger partial charge >= 0.3 is 0 Å². The summed E-state index contributed by atoms with van der Waals surface area (Å²) in [6.45, 7) is 1.20. The number of nitro benzene ring substituents is 1. The van der Waals surface area contributed by atoms with Crippen LogP contribution in [0.1, 0.15) is 12.0 Å². The smallest absolute Gasteiger partial charge is 0.269 e. The molecule has 0 bridgehead atoms. The van der Waals surface area contributed by atoms with Crippen molar-refractivity contribution >= 4 is 5.69 Å². The fourth-order valence-corrected chi connectivity index (χ4v) is 1.95. The van der Waals surface area contributed by atoms with E-state index < -0.39 is 4.92 Å². The number of nitro groups is 1. The van der Waals surface area contributed by atoms with Gasteiger partial charge in [0.25, 0.3) is 5.69 Å². The predicted molar refractivity (Wildman–Crippen MR) is 59.2 cm³/mol. The first-order chi connectivity index (χ1) is 7.59. The Hall–Kier alpha value is -1.46. The molecule has 0 amide bonds. The second kappa shape index (κ2) is 4.19. The monoisotopic (exact) mass is 222 g/mol. The predicted octanol–water partition coefficient (Wildman–Crippen LogP) is 1.26. The summed E-state index contributed by atoms with van der Waals surface area (Å²) < 4.78 is 5.25. The lowest BCUT2D eigenvalue weighted by Crippen LogP contribution is -2.42. The van der Waals surface area contributed by atoms with Gasteiger partial charge in [-0.3, -0.25) is 10.1 Å². The van der Waals surface area contributed by atoms with E-state index >= 15 is 0 Å². The molecule has 2 rings (SSSR count). The summed E-state index contributed by atoms with van der Waals surface area (Å²) in [4.78, 5) is 10.2. The van der Waals surface area contributed by atoms with Gasteiger partial charge in [-0.15, -0.1) is 0 Å². The Balaban J connectivity index is 2.15. The van der Waals surface area contributed by atoms with E-state index in [1.807, 2.05) is 6.07 Å². The third-order valence-electron chi connectivity index (χ3n) is 2.81. The summed E-state index contributed by atoms with van der Waals surface area (Å²) in [5.74, 6) is 0. The van der Waals surface area contributed by atoms with Gasteiger partial charge in [0.1, 0.15) is 0 Å². The second-order valence-corrected chi connectivity index (χ2v) is 4.27. The molecule has 86 valence electrons. The molecule has 1 atom stereocenters. The molecule has 1 aromatic carbocycles. The molecule has 2 N–H and O–H groups in total. The first-order valence-electron chi connectivity index (χ1n) is 5.19. The lowest BCUT2D eigenvalue weighted by Gasteiger charge is -2.21. The van der Waals surface area contributed by atoms with Crippen molar-refractivity contribution in [2.24, 2.45) is 5.73 Å². The summed E-state index contributed by atoms with van der Waals surface area (Å²) in [5.41, 5.74) is 6.76. The Kier molecular flexibility index (Phi) is 2.89. The fraction of sp³-hybridized carbons (Fsp3) is 0.455. The molecule has 1 unspecified atom stereocenters. The van der Waals surface area contributed by atoms with Gasteiger partial charge in [-0.2, -0.15) is 0 Å². The van der Waals surface area contributed by atoms with Gasteiger partial charge in [-0.25, -0.2) is 0 Å². The zero-order valence-electron chi connectivity index (χ0n) is 8.89. The molecule has 0 aromatic heterocycles. The quantitative estimate of drug-likeness (QED) is 0.616. The van der Waals surface area contributed by atoms with E-state index in [1.54, 1.807) is 12.1 Å². The molecule has 0 spiro atoms. The van der Waals surface area contributed by atoms with Gasteiger partial charge in [0.2, 0.25) is 0 Å². The van der Waals surface area contributed by atoms with Crippen molar-refractivity contribution in [2.45, 2.75) is 18.4 Å². The lowest BCUT2D eigenvalue weighted by atomic mass is 9.91. The average Bonchev–Trinajstić information content (AvgIpc) is 2.65. The van der Waals surface area contributed by atoms with Crippen molar-refractivity contribution < 1.29 is 9.66 Å². The van der Waals surface area contributed by atoms with Crippen molar-refractivity contribution in [3.63, 3.8) is 0 Å². The van der Waals surface area contributed by atoms with Crippen LogP contribution in [0.5, 0.6) is 0 Å². The Morgan fingerprint density at radius 2 is 2.38 bits per heavy atom. The van der Waals surface area contributed by atoms with E-state index in [-0.39, 0.29) is 11.2 Å². The standard InChI is InChI=1S/C11H14N2O3/c12-11(4-5-16-8-11)7-9-2-1-3-10(6-9)13(14)15/h1-3,6H,4-5,7-8,12H2. The van der Waals surface area contributed by atoms with Gasteiger partial charge in [0.15, 0.2) is 0 Å². The highest BCUT2D eigenvalue weighted by Crippen LogP contribution is 2.22. The first kappa shape index (κ1) is 11.0. The third kappa shape index (κ3) is 2.37. The van der Waals surface area contributed by atoms with E-state index in [0.29, 0.717) is 19.6 Å². The van der Waals surface area contributed by atoms with Crippen molar-refractivity contribution in [1.82, 2.24) is 0 Å². The molecule has 0 radical (unpaired) electrons. The Bertz CT molecular complexity index is 400. The Labute approximate surface area is 93.4 Å². The van der Waals surface area contributed by atoms with Crippen LogP contribution in [0.25, 0.3) is 0 Å².